The average Bonchev–Trinajstić information content (AvgIpc) is 1.27. The normalized spacial score (nSPS) is 7.25. The molecule has 2 nitrogen and oxygen atoms in total. The fourth-order valence-corrected chi connectivity index (χ4v) is 0.351. The Labute approximate surface area is 69.2 Å². The van der Waals surface area contributed by atoms with Crippen LogP contribution in [0.5, 0.6) is 0 Å². The third-order valence-corrected chi connectivity index (χ3v) is 0.498. The number of hydrogen-bond donors (Lipinski definition) is 0. The zero-order valence-electron chi connectivity index (χ0n) is 5.23. The van der Waals surface area contributed by atoms with Gasteiger partial charge in [-0.25, -0.2) is 0 Å². The van der Waals surface area contributed by atoms with Gasteiger partial charge in [0.15, 0.2) is 0 Å². The van der Waals surface area contributed by atoms with Gasteiger partial charge in [-0.3, -0.25) is 9.59 Å². The minimum atomic E-state index is -0.0625. The second-order valence-electron chi connectivity index (χ2n) is 1.58. The van der Waals surface area contributed by atoms with E-state index >= 15 is 0 Å². The molecule has 0 N–H and O–H groups in total. The van der Waals surface area contributed by atoms with Crippen LogP contribution in [-0.4, -0.2) is 11.6 Å². The monoisotopic (exact) mass is 302 g/mol. The largest absolute Gasteiger partial charge is 0.300 e. The summed E-state index contributed by atoms with van der Waals surface area (Å²) < 4.78 is 0. The van der Waals surface area contributed by atoms with Crippen molar-refractivity contribution in [3.05, 3.63) is 0 Å². The molecule has 0 amide bonds. The molecule has 0 spiro atoms. The van der Waals surface area contributed by atoms with Crippen LogP contribution >= 0.6 is 0 Å². The number of carbonyl (C=O) groups is 2. The van der Waals surface area contributed by atoms with E-state index in [2.05, 4.69) is 0 Å². The van der Waals surface area contributed by atoms with Gasteiger partial charge in [0.25, 0.3) is 0 Å². The molecule has 42 valence electrons. The molecule has 3 heteroatoms. The molecule has 0 aliphatic heterocycles. The van der Waals surface area contributed by atoms with Gasteiger partial charge >= 0.3 is 0 Å². The van der Waals surface area contributed by atoms with Gasteiger partial charge in [-0.05, 0) is 13.8 Å². The van der Waals surface area contributed by atoms with Gasteiger partial charge in [0.2, 0.25) is 0 Å². The summed E-state index contributed by atoms with van der Waals surface area (Å²) in [5, 5.41) is 0. The van der Waals surface area contributed by atoms with Crippen LogP contribution in [0.2, 0.25) is 0 Å². The van der Waals surface area contributed by atoms with E-state index in [1.807, 2.05) is 0 Å². The molecule has 0 aromatic rings. The van der Waals surface area contributed by atoms with Crippen molar-refractivity contribution in [3.8, 4) is 0 Å². The quantitative estimate of drug-likeness (QED) is 0.551. The Morgan fingerprint density at radius 3 is 1.38 bits per heavy atom. The van der Waals surface area contributed by atoms with E-state index in [-0.39, 0.29) is 45.7 Å². The van der Waals surface area contributed by atoms with Crippen LogP contribution in [0.4, 0.5) is 0 Å². The van der Waals surface area contributed by atoms with Crippen LogP contribution in [0.15, 0.2) is 0 Å². The van der Waals surface area contributed by atoms with Gasteiger partial charge in [-0.15, -0.1) is 0 Å². The first-order valence-electron chi connectivity index (χ1n) is 2.12. The van der Waals surface area contributed by atoms with Crippen LogP contribution in [0.1, 0.15) is 20.3 Å². The molecule has 0 atom stereocenters. The molecule has 0 fully saturated rings. The SMILES string of the molecule is CC(=O)CC(C)=O.[Hg]. The van der Waals surface area contributed by atoms with Crippen molar-refractivity contribution in [2.24, 2.45) is 0 Å². The fourth-order valence-electron chi connectivity index (χ4n) is 0.351. The van der Waals surface area contributed by atoms with Gasteiger partial charge < -0.3 is 0 Å². The molecular formula is C5H8HgO2. The fraction of sp³-hybridized carbons (Fsp3) is 0.600. The van der Waals surface area contributed by atoms with Crippen molar-refractivity contribution in [2.75, 3.05) is 0 Å². The summed E-state index contributed by atoms with van der Waals surface area (Å²) >= 11 is 0. The van der Waals surface area contributed by atoms with Crippen LogP contribution in [-0.2, 0) is 37.3 Å². The first-order valence-corrected chi connectivity index (χ1v) is 2.12. The summed E-state index contributed by atoms with van der Waals surface area (Å²) in [4.78, 5) is 20.1. The summed E-state index contributed by atoms with van der Waals surface area (Å²) in [5.41, 5.74) is 0. The second-order valence-corrected chi connectivity index (χ2v) is 1.58. The summed E-state index contributed by atoms with van der Waals surface area (Å²) in [6.45, 7) is 2.81. The standard InChI is InChI=1S/C5H8O2.Hg/c1-4(6)3-5(2)7;/h3H2,1-2H3;. The molecule has 0 heterocycles. The van der Waals surface area contributed by atoms with E-state index in [1.54, 1.807) is 0 Å². The van der Waals surface area contributed by atoms with Crippen LogP contribution in [0, 0.1) is 0 Å². The molecule has 8 heavy (non-hydrogen) atoms. The summed E-state index contributed by atoms with van der Waals surface area (Å²) in [6.07, 6.45) is 0.0833. The first kappa shape index (κ1) is 11.1. The molecule has 0 saturated heterocycles. The Bertz CT molecular complexity index is 86.6. The maximum atomic E-state index is 10.0. The molecule has 0 aliphatic rings. The van der Waals surface area contributed by atoms with Crippen LogP contribution in [0.25, 0.3) is 0 Å². The Balaban J connectivity index is 0. The topological polar surface area (TPSA) is 34.1 Å². The average molecular weight is 301 g/mol. The Hall–Kier alpha value is 0.275. The maximum absolute atomic E-state index is 10.0. The second kappa shape index (κ2) is 5.41. The third kappa shape index (κ3) is 9.55. The van der Waals surface area contributed by atoms with Crippen molar-refractivity contribution >= 4 is 11.6 Å². The molecule has 0 bridgehead atoms. The smallest absolute Gasteiger partial charge is 0.137 e. The summed E-state index contributed by atoms with van der Waals surface area (Å²) in [5.74, 6) is -0.125. The zero-order valence-corrected chi connectivity index (χ0v) is 10.7. The van der Waals surface area contributed by atoms with E-state index in [9.17, 15) is 9.59 Å². The van der Waals surface area contributed by atoms with E-state index in [0.29, 0.717) is 0 Å². The summed E-state index contributed by atoms with van der Waals surface area (Å²) in [7, 11) is 0. The van der Waals surface area contributed by atoms with Crippen molar-refractivity contribution in [3.63, 3.8) is 0 Å². The van der Waals surface area contributed by atoms with Crippen molar-refractivity contribution < 1.29 is 37.3 Å². The Morgan fingerprint density at radius 1 is 1.12 bits per heavy atom. The van der Waals surface area contributed by atoms with Crippen molar-refractivity contribution in [1.82, 2.24) is 0 Å². The number of hydrogen-bond acceptors (Lipinski definition) is 2. The predicted octanol–water partition coefficient (Wildman–Crippen LogP) is 0.552. The van der Waals surface area contributed by atoms with E-state index < -0.39 is 0 Å². The molecule has 0 rings (SSSR count). The van der Waals surface area contributed by atoms with E-state index in [4.69, 9.17) is 0 Å². The molecule has 0 saturated carbocycles. The summed E-state index contributed by atoms with van der Waals surface area (Å²) in [6, 6.07) is 0. The maximum Gasteiger partial charge on any atom is 0.137 e. The molecule has 0 radical (unpaired) electrons. The van der Waals surface area contributed by atoms with Crippen LogP contribution < -0.4 is 0 Å². The Kier molecular flexibility index (Phi) is 7.53. The minimum absolute atomic E-state index is 0. The molecule has 0 unspecified atom stereocenters. The molecule has 0 aromatic heterocycles. The van der Waals surface area contributed by atoms with E-state index in [0.717, 1.165) is 0 Å². The Morgan fingerprint density at radius 2 is 1.38 bits per heavy atom. The minimum Gasteiger partial charge on any atom is -0.300 e. The third-order valence-electron chi connectivity index (χ3n) is 0.498. The van der Waals surface area contributed by atoms with Gasteiger partial charge in [0.1, 0.15) is 11.6 Å². The van der Waals surface area contributed by atoms with Gasteiger partial charge in [0, 0.05) is 27.7 Å². The van der Waals surface area contributed by atoms with E-state index in [1.165, 1.54) is 13.8 Å². The molecule has 0 aliphatic carbocycles. The van der Waals surface area contributed by atoms with Gasteiger partial charge in [-0.2, -0.15) is 0 Å². The van der Waals surface area contributed by atoms with Crippen LogP contribution in [0.3, 0.4) is 0 Å². The van der Waals surface area contributed by atoms with Crippen molar-refractivity contribution in [2.45, 2.75) is 20.3 Å². The number of ketones is 2. The molecule has 0 aromatic carbocycles. The zero-order chi connectivity index (χ0) is 5.86. The molecular weight excluding hydrogens is 293 g/mol. The predicted molar refractivity (Wildman–Crippen MR) is 26.0 cm³/mol. The number of rotatable bonds is 2. The van der Waals surface area contributed by atoms with Gasteiger partial charge in [-0.1, -0.05) is 0 Å². The van der Waals surface area contributed by atoms with Crippen molar-refractivity contribution in [1.29, 1.82) is 0 Å². The number of Topliss-reactive ketones (excluding diaryl/α,β-unsaturated/α-hetero) is 2. The first-order chi connectivity index (χ1) is 3.13. The number of carbonyl (C=O) groups excluding carboxylic acids is 2. The van der Waals surface area contributed by atoms with Gasteiger partial charge in [0.05, 0.1) is 6.42 Å².